The molecule has 5 rings (SSSR count). The molecule has 0 saturated heterocycles. The van der Waals surface area contributed by atoms with Crippen molar-refractivity contribution in [2.24, 2.45) is 5.92 Å². The number of aryl methyl sites for hydroxylation is 1. The highest BCUT2D eigenvalue weighted by Gasteiger charge is 2.54. The molecule has 248 valence electrons. The van der Waals surface area contributed by atoms with Gasteiger partial charge in [-0.05, 0) is 64.6 Å². The van der Waals surface area contributed by atoms with Crippen molar-refractivity contribution >= 4 is 40.8 Å². The van der Waals surface area contributed by atoms with Crippen LogP contribution in [0.5, 0.6) is 0 Å². The van der Waals surface area contributed by atoms with Gasteiger partial charge in [0.1, 0.15) is 11.9 Å². The van der Waals surface area contributed by atoms with Gasteiger partial charge in [0.25, 0.3) is 0 Å². The number of imidazole rings is 1. The normalized spacial score (nSPS) is 14.1. The summed E-state index contributed by atoms with van der Waals surface area (Å²) in [5, 5.41) is 4.65. The van der Waals surface area contributed by atoms with Gasteiger partial charge in [-0.2, -0.15) is 4.31 Å². The molecule has 0 fully saturated rings. The smallest absolute Gasteiger partial charge is 0.323 e. The predicted octanol–water partition coefficient (Wildman–Crippen LogP) is 5.45. The van der Waals surface area contributed by atoms with Crippen molar-refractivity contribution in [3.8, 4) is 0 Å². The first-order chi connectivity index (χ1) is 22.3. The molecule has 1 aliphatic rings. The van der Waals surface area contributed by atoms with Gasteiger partial charge >= 0.3 is 14.3 Å². The highest BCUT2D eigenvalue weighted by Crippen LogP contribution is 2.37. The van der Waals surface area contributed by atoms with E-state index in [0.29, 0.717) is 19.5 Å². The number of hydrogen-bond acceptors (Lipinski definition) is 6. The Kier molecular flexibility index (Phi) is 9.96. The lowest BCUT2D eigenvalue weighted by Gasteiger charge is -2.43. The summed E-state index contributed by atoms with van der Waals surface area (Å²) in [6, 6.07) is 25.7. The van der Waals surface area contributed by atoms with Crippen LogP contribution in [0, 0.1) is 12.8 Å². The fourth-order valence-corrected chi connectivity index (χ4v) is 12.1. The van der Waals surface area contributed by atoms with Crippen LogP contribution in [0.15, 0.2) is 96.0 Å². The van der Waals surface area contributed by atoms with Crippen LogP contribution < -0.4 is 15.7 Å². The maximum absolute atomic E-state index is 14.5. The highest BCUT2D eigenvalue weighted by atomic mass is 32.2. The Balaban J connectivity index is 1.46. The third-order valence-corrected chi connectivity index (χ3v) is 15.7. The maximum Gasteiger partial charge on any atom is 0.323 e. The first-order valence-electron chi connectivity index (χ1n) is 16.1. The van der Waals surface area contributed by atoms with Crippen LogP contribution in [-0.2, 0) is 32.3 Å². The van der Waals surface area contributed by atoms with Crippen molar-refractivity contribution in [3.63, 3.8) is 0 Å². The molecule has 1 aromatic heterocycles. The zero-order chi connectivity index (χ0) is 34.0. The Morgan fingerprint density at radius 3 is 2.09 bits per heavy atom. The topological polar surface area (TPSA) is 93.5 Å². The van der Waals surface area contributed by atoms with Gasteiger partial charge in [0.15, 0.2) is 0 Å². The Bertz CT molecular complexity index is 1790. The predicted molar refractivity (Wildman–Crippen MR) is 190 cm³/mol. The van der Waals surface area contributed by atoms with E-state index < -0.39 is 35.4 Å². The van der Waals surface area contributed by atoms with E-state index >= 15 is 0 Å². The molecule has 0 radical (unpaired) electrons. The molecule has 4 aromatic rings. The Hall–Kier alpha value is -3.99. The fraction of sp³-hybridized carbons (Fsp3) is 0.351. The summed E-state index contributed by atoms with van der Waals surface area (Å²) in [4.78, 5) is 19.3. The zero-order valence-electron chi connectivity index (χ0n) is 28.4. The Morgan fingerprint density at radius 1 is 0.979 bits per heavy atom. The van der Waals surface area contributed by atoms with Crippen LogP contribution in [0.4, 0.5) is 0 Å². The molecule has 0 bridgehead atoms. The molecule has 1 atom stereocenters. The molecule has 0 amide bonds. The third kappa shape index (κ3) is 6.86. The zero-order valence-corrected chi connectivity index (χ0v) is 30.2. The summed E-state index contributed by atoms with van der Waals surface area (Å²) in [7, 11) is -5.80. The molecule has 0 saturated carbocycles. The monoisotopic (exact) mass is 670 g/mol. The van der Waals surface area contributed by atoms with Crippen LogP contribution in [0.3, 0.4) is 0 Å². The van der Waals surface area contributed by atoms with Crippen molar-refractivity contribution in [3.05, 3.63) is 114 Å². The average Bonchev–Trinajstić information content (AvgIpc) is 3.36. The summed E-state index contributed by atoms with van der Waals surface area (Å²) in [5.74, 6) is 0.412. The van der Waals surface area contributed by atoms with Crippen LogP contribution >= 0.6 is 0 Å². The minimum absolute atomic E-state index is 0.0420. The number of carbonyl (C=O) groups is 1. The maximum atomic E-state index is 14.5. The second-order valence-corrected chi connectivity index (χ2v) is 19.9. The number of nitrogens with one attached hydrogen (secondary N) is 1. The van der Waals surface area contributed by atoms with Gasteiger partial charge in [0.2, 0.25) is 10.0 Å². The van der Waals surface area contributed by atoms with E-state index in [1.165, 1.54) is 11.4 Å². The number of aromatic nitrogens is 2. The Labute approximate surface area is 280 Å². The molecule has 0 unspecified atom stereocenters. The molecular weight excluding hydrogens is 625 g/mol. The van der Waals surface area contributed by atoms with Crippen LogP contribution in [0.1, 0.15) is 63.8 Å². The van der Waals surface area contributed by atoms with Crippen molar-refractivity contribution < 1.29 is 17.6 Å². The lowest BCUT2D eigenvalue weighted by Crippen LogP contribution is -2.68. The number of carbonyl (C=O) groups excluding carboxylic acids is 1. The molecule has 8 nitrogen and oxygen atoms in total. The van der Waals surface area contributed by atoms with Gasteiger partial charge in [-0.1, -0.05) is 107 Å². The number of nitrogens with zero attached hydrogens (tertiary/aromatic N) is 3. The van der Waals surface area contributed by atoms with Gasteiger partial charge in [-0.25, -0.2) is 13.4 Å². The van der Waals surface area contributed by atoms with Gasteiger partial charge < -0.3 is 14.3 Å². The van der Waals surface area contributed by atoms with Crippen molar-refractivity contribution in [1.82, 2.24) is 19.2 Å². The minimum Gasteiger partial charge on any atom is -0.508 e. The minimum atomic E-state index is -4.04. The number of benzene rings is 3. The van der Waals surface area contributed by atoms with Crippen LogP contribution in [0.25, 0.3) is 6.08 Å². The quantitative estimate of drug-likeness (QED) is 0.214. The molecule has 2 heterocycles. The summed E-state index contributed by atoms with van der Waals surface area (Å²) in [6.07, 6.45) is 4.24. The molecule has 1 N–H and O–H groups in total. The van der Waals surface area contributed by atoms with Crippen molar-refractivity contribution in [2.75, 3.05) is 7.05 Å². The lowest BCUT2D eigenvalue weighted by atomic mass is 10.0. The standard InChI is InChI=1S/C37H46N4O4SSi/c1-27(2)24-35(36(42)45-47(37(4,5)6,31-14-10-8-11-15-31)32-16-12-9-13-17-32)40(7)46(43,44)30-20-18-29(19-21-30)26-41-28(3)39-33-25-38-23-22-34(33)41/h8-23,27,35,38H,24-26H2,1-7H3/t35-/m0/s1. The molecule has 1 aliphatic heterocycles. The second-order valence-electron chi connectivity index (χ2n) is 13.7. The average molecular weight is 671 g/mol. The van der Waals surface area contributed by atoms with Crippen molar-refractivity contribution in [2.45, 2.75) is 77.0 Å². The first kappa shape index (κ1) is 34.3. The summed E-state index contributed by atoms with van der Waals surface area (Å²) >= 11 is 0. The van der Waals surface area contributed by atoms with E-state index in [4.69, 9.17) is 4.43 Å². The van der Waals surface area contributed by atoms with E-state index in [9.17, 15) is 13.2 Å². The van der Waals surface area contributed by atoms with Gasteiger partial charge in [0.05, 0.1) is 22.8 Å². The molecular formula is C37H46N4O4SSi. The fourth-order valence-electron chi connectivity index (χ4n) is 6.44. The van der Waals surface area contributed by atoms with E-state index in [-0.39, 0.29) is 10.8 Å². The number of likely N-dealkylation sites (N-methyl/N-ethyl adjacent to an activating group) is 1. The van der Waals surface area contributed by atoms with Crippen molar-refractivity contribution in [1.29, 1.82) is 0 Å². The summed E-state index contributed by atoms with van der Waals surface area (Å²) < 4.78 is 38.4. The lowest BCUT2D eigenvalue weighted by molar-refractivity contribution is -0.139. The van der Waals surface area contributed by atoms with E-state index in [1.807, 2.05) is 106 Å². The van der Waals surface area contributed by atoms with E-state index in [2.05, 4.69) is 35.6 Å². The van der Waals surface area contributed by atoms with Gasteiger partial charge in [-0.3, -0.25) is 4.79 Å². The summed E-state index contributed by atoms with van der Waals surface area (Å²) in [6.45, 7) is 13.5. The van der Waals surface area contributed by atoms with E-state index in [1.54, 1.807) is 12.1 Å². The molecule has 0 spiro atoms. The molecule has 47 heavy (non-hydrogen) atoms. The largest absolute Gasteiger partial charge is 0.508 e. The van der Waals surface area contributed by atoms with Crippen LogP contribution in [0.2, 0.25) is 5.04 Å². The van der Waals surface area contributed by atoms with Crippen LogP contribution in [-0.4, -0.2) is 49.7 Å². The number of hydrogen-bond donors (Lipinski definition) is 1. The number of sulfonamides is 1. The van der Waals surface area contributed by atoms with E-state index in [0.717, 1.165) is 33.1 Å². The number of fused-ring (bicyclic) bond motifs is 1. The molecule has 0 aliphatic carbocycles. The van der Waals surface area contributed by atoms with Gasteiger partial charge in [0, 0.05) is 13.6 Å². The third-order valence-electron chi connectivity index (χ3n) is 8.92. The summed E-state index contributed by atoms with van der Waals surface area (Å²) in [5.41, 5.74) is 2.99. The second kappa shape index (κ2) is 13.6. The molecule has 10 heteroatoms. The highest BCUT2D eigenvalue weighted by molar-refractivity contribution is 7.89. The number of rotatable bonds is 11. The van der Waals surface area contributed by atoms with Gasteiger partial charge in [-0.15, -0.1) is 0 Å². The Morgan fingerprint density at radius 2 is 1.55 bits per heavy atom. The SMILES string of the molecule is Cc1nc2c(n1Cc1ccc(S(=O)(=O)N(C)[C@@H](CC(C)C)C(=O)O[Si](c3ccccc3)(c3ccccc3)C(C)(C)C)cc1)C=CNC2. The first-order valence-corrected chi connectivity index (χ1v) is 19.5. The molecule has 3 aromatic carbocycles.